The number of hydrogen-bond acceptors (Lipinski definition) is 3. The summed E-state index contributed by atoms with van der Waals surface area (Å²) in [7, 11) is 1.76. The van der Waals surface area contributed by atoms with Gasteiger partial charge < -0.3 is 10.5 Å². The molecule has 18 heavy (non-hydrogen) atoms. The summed E-state index contributed by atoms with van der Waals surface area (Å²) in [5, 5.41) is 3.49. The highest BCUT2D eigenvalue weighted by atomic mass is 32.1. The molecule has 2 N–H and O–H groups in total. The Bertz CT molecular complexity index is 518. The van der Waals surface area contributed by atoms with Gasteiger partial charge in [0.15, 0.2) is 0 Å². The van der Waals surface area contributed by atoms with Crippen molar-refractivity contribution in [2.75, 3.05) is 7.11 Å². The largest absolute Gasteiger partial charge is 0.379 e. The van der Waals surface area contributed by atoms with Crippen LogP contribution in [-0.2, 0) is 4.74 Å². The first-order chi connectivity index (χ1) is 8.53. The molecule has 0 fully saturated rings. The van der Waals surface area contributed by atoms with Gasteiger partial charge >= 0.3 is 0 Å². The van der Waals surface area contributed by atoms with E-state index in [0.717, 1.165) is 12.8 Å². The predicted octanol–water partition coefficient (Wildman–Crippen LogP) is 4.11. The zero-order valence-corrected chi connectivity index (χ0v) is 12.1. The third-order valence-electron chi connectivity index (χ3n) is 3.52. The van der Waals surface area contributed by atoms with Crippen LogP contribution in [0.1, 0.15) is 38.3 Å². The first-order valence-electron chi connectivity index (χ1n) is 6.30. The number of methoxy groups -OCH3 is 1. The lowest BCUT2D eigenvalue weighted by atomic mass is 9.95. The Labute approximate surface area is 113 Å². The van der Waals surface area contributed by atoms with E-state index in [1.165, 1.54) is 15.6 Å². The number of nitrogens with two attached hydrogens (primary N) is 1. The number of rotatable bonds is 5. The molecule has 1 aromatic carbocycles. The highest BCUT2D eigenvalue weighted by molar-refractivity contribution is 7.17. The Hall–Kier alpha value is -0.900. The average Bonchev–Trinajstić information content (AvgIpc) is 2.80. The first-order valence-corrected chi connectivity index (χ1v) is 7.18. The van der Waals surface area contributed by atoms with Gasteiger partial charge in [0.05, 0.1) is 5.60 Å². The maximum Gasteiger partial charge on any atom is 0.0623 e. The number of benzene rings is 1. The molecule has 0 bridgehead atoms. The van der Waals surface area contributed by atoms with E-state index in [0.29, 0.717) is 0 Å². The maximum atomic E-state index is 6.32. The van der Waals surface area contributed by atoms with Gasteiger partial charge in [-0.3, -0.25) is 0 Å². The van der Waals surface area contributed by atoms with Gasteiger partial charge in [0, 0.05) is 17.9 Å². The van der Waals surface area contributed by atoms with Gasteiger partial charge in [0.25, 0.3) is 0 Å². The Balaban J connectivity index is 2.12. The van der Waals surface area contributed by atoms with Gasteiger partial charge in [-0.05, 0) is 49.1 Å². The minimum Gasteiger partial charge on any atom is -0.379 e. The summed E-state index contributed by atoms with van der Waals surface area (Å²) in [6.45, 7) is 4.21. The fourth-order valence-corrected chi connectivity index (χ4v) is 3.07. The molecular formula is C15H21NOS. The normalized spacial score (nSPS) is 14.0. The smallest absolute Gasteiger partial charge is 0.0623 e. The maximum absolute atomic E-state index is 6.32. The molecule has 0 spiro atoms. The van der Waals surface area contributed by atoms with Gasteiger partial charge in [-0.15, -0.1) is 11.3 Å². The highest BCUT2D eigenvalue weighted by Gasteiger charge is 2.19. The van der Waals surface area contributed by atoms with E-state index in [1.54, 1.807) is 18.4 Å². The average molecular weight is 263 g/mol. The third-order valence-corrected chi connectivity index (χ3v) is 4.50. The second-order valence-electron chi connectivity index (χ2n) is 5.30. The predicted molar refractivity (Wildman–Crippen MR) is 79.1 cm³/mol. The quantitative estimate of drug-likeness (QED) is 0.881. The summed E-state index contributed by atoms with van der Waals surface area (Å²) in [5.74, 6) is 0. The molecule has 2 aromatic rings. The zero-order chi connectivity index (χ0) is 13.2. The SMILES string of the molecule is COC(C)(C)CCC(N)c1csc2ccccc12. The monoisotopic (exact) mass is 263 g/mol. The Morgan fingerprint density at radius 3 is 2.78 bits per heavy atom. The summed E-state index contributed by atoms with van der Waals surface area (Å²) in [6, 6.07) is 8.54. The lowest BCUT2D eigenvalue weighted by Crippen LogP contribution is -2.24. The summed E-state index contributed by atoms with van der Waals surface area (Å²) in [5.41, 5.74) is 7.49. The second-order valence-corrected chi connectivity index (χ2v) is 6.21. The van der Waals surface area contributed by atoms with E-state index >= 15 is 0 Å². The molecule has 0 aliphatic carbocycles. The lowest BCUT2D eigenvalue weighted by molar-refractivity contribution is 0.0125. The van der Waals surface area contributed by atoms with Gasteiger partial charge in [-0.25, -0.2) is 0 Å². The van der Waals surface area contributed by atoms with Crippen LogP contribution in [0.15, 0.2) is 29.6 Å². The molecule has 1 aromatic heterocycles. The van der Waals surface area contributed by atoms with Crippen molar-refractivity contribution in [1.82, 2.24) is 0 Å². The van der Waals surface area contributed by atoms with E-state index in [9.17, 15) is 0 Å². The van der Waals surface area contributed by atoms with E-state index in [-0.39, 0.29) is 11.6 Å². The molecule has 0 radical (unpaired) electrons. The Morgan fingerprint density at radius 2 is 2.06 bits per heavy atom. The zero-order valence-electron chi connectivity index (χ0n) is 11.3. The fourth-order valence-electron chi connectivity index (χ4n) is 2.05. The van der Waals surface area contributed by atoms with Crippen LogP contribution in [0, 0.1) is 0 Å². The molecule has 0 aliphatic heterocycles. The first kappa shape index (κ1) is 13.5. The number of thiophene rings is 1. The molecule has 98 valence electrons. The molecule has 1 heterocycles. The molecule has 1 unspecified atom stereocenters. The number of fused-ring (bicyclic) bond motifs is 1. The summed E-state index contributed by atoms with van der Waals surface area (Å²) in [6.07, 6.45) is 1.91. The van der Waals surface area contributed by atoms with E-state index in [4.69, 9.17) is 10.5 Å². The molecule has 0 saturated carbocycles. The van der Waals surface area contributed by atoms with Crippen LogP contribution < -0.4 is 5.73 Å². The number of hydrogen-bond donors (Lipinski definition) is 1. The van der Waals surface area contributed by atoms with Gasteiger partial charge in [0.1, 0.15) is 0 Å². The molecule has 2 rings (SSSR count). The molecule has 0 amide bonds. The van der Waals surface area contributed by atoms with Crippen LogP contribution >= 0.6 is 11.3 Å². The molecule has 0 aliphatic rings. The molecular weight excluding hydrogens is 242 g/mol. The fraction of sp³-hybridized carbons (Fsp3) is 0.467. The van der Waals surface area contributed by atoms with Gasteiger partial charge in [0.2, 0.25) is 0 Å². The second kappa shape index (κ2) is 5.39. The van der Waals surface area contributed by atoms with Crippen LogP contribution in [-0.4, -0.2) is 12.7 Å². The van der Waals surface area contributed by atoms with Crippen molar-refractivity contribution in [3.05, 3.63) is 35.2 Å². The standard InChI is InChI=1S/C15H21NOS/c1-15(2,17-3)9-8-13(16)12-10-18-14-7-5-4-6-11(12)14/h4-7,10,13H,8-9,16H2,1-3H3. The van der Waals surface area contributed by atoms with Crippen LogP contribution in [0.4, 0.5) is 0 Å². The topological polar surface area (TPSA) is 35.2 Å². The van der Waals surface area contributed by atoms with Crippen molar-refractivity contribution in [1.29, 1.82) is 0 Å². The third kappa shape index (κ3) is 2.91. The van der Waals surface area contributed by atoms with Gasteiger partial charge in [-0.1, -0.05) is 18.2 Å². The molecule has 2 nitrogen and oxygen atoms in total. The van der Waals surface area contributed by atoms with Crippen molar-refractivity contribution in [3.63, 3.8) is 0 Å². The van der Waals surface area contributed by atoms with Crippen molar-refractivity contribution in [3.8, 4) is 0 Å². The lowest BCUT2D eigenvalue weighted by Gasteiger charge is -2.24. The van der Waals surface area contributed by atoms with Crippen molar-refractivity contribution < 1.29 is 4.74 Å². The van der Waals surface area contributed by atoms with E-state index < -0.39 is 0 Å². The van der Waals surface area contributed by atoms with Crippen LogP contribution in [0.2, 0.25) is 0 Å². The molecule has 0 saturated heterocycles. The molecule has 3 heteroatoms. The minimum absolute atomic E-state index is 0.0931. The van der Waals surface area contributed by atoms with Crippen LogP contribution in [0.5, 0.6) is 0 Å². The van der Waals surface area contributed by atoms with Crippen molar-refractivity contribution in [2.24, 2.45) is 5.73 Å². The van der Waals surface area contributed by atoms with Crippen LogP contribution in [0.25, 0.3) is 10.1 Å². The van der Waals surface area contributed by atoms with Crippen LogP contribution in [0.3, 0.4) is 0 Å². The van der Waals surface area contributed by atoms with Crippen molar-refractivity contribution >= 4 is 21.4 Å². The number of ether oxygens (including phenoxy) is 1. The summed E-state index contributed by atoms with van der Waals surface area (Å²) < 4.78 is 6.75. The Kier molecular flexibility index (Phi) is 4.05. The highest BCUT2D eigenvalue weighted by Crippen LogP contribution is 2.32. The summed E-state index contributed by atoms with van der Waals surface area (Å²) >= 11 is 1.77. The van der Waals surface area contributed by atoms with Gasteiger partial charge in [-0.2, -0.15) is 0 Å². The Morgan fingerprint density at radius 1 is 1.33 bits per heavy atom. The van der Waals surface area contributed by atoms with E-state index in [1.807, 2.05) is 0 Å². The summed E-state index contributed by atoms with van der Waals surface area (Å²) in [4.78, 5) is 0. The molecule has 1 atom stereocenters. The van der Waals surface area contributed by atoms with Crippen molar-refractivity contribution in [2.45, 2.75) is 38.3 Å². The van der Waals surface area contributed by atoms with E-state index in [2.05, 4.69) is 43.5 Å². The minimum atomic E-state index is -0.0938.